The summed E-state index contributed by atoms with van der Waals surface area (Å²) >= 11 is 0. The van der Waals surface area contributed by atoms with Gasteiger partial charge in [0.2, 0.25) is 15.9 Å². The maximum atomic E-state index is 13.1. The van der Waals surface area contributed by atoms with Crippen molar-refractivity contribution in [3.05, 3.63) is 29.8 Å². The molecule has 1 saturated heterocycles. The molecule has 1 heterocycles. The first-order valence-electron chi connectivity index (χ1n) is 7.53. The molecule has 1 aliphatic rings. The first-order chi connectivity index (χ1) is 11.1. The summed E-state index contributed by atoms with van der Waals surface area (Å²) in [6.07, 6.45) is -0.536. The van der Waals surface area contributed by atoms with Crippen LogP contribution in [0.1, 0.15) is 12.0 Å². The lowest BCUT2D eigenvalue weighted by atomic mass is 10.2. The number of rotatable bonds is 6. The zero-order valence-corrected chi connectivity index (χ0v) is 14.4. The second-order valence-electron chi connectivity index (χ2n) is 5.96. The normalized spacial score (nSPS) is 20.1. The Kier molecular flexibility index (Phi) is 5.56. The third kappa shape index (κ3) is 4.71. The molecule has 24 heavy (non-hydrogen) atoms. The minimum absolute atomic E-state index is 0.00155. The Bertz CT molecular complexity index is 692. The highest BCUT2D eigenvalue weighted by molar-refractivity contribution is 7.89. The number of sulfonamides is 1. The Morgan fingerprint density at radius 3 is 2.54 bits per heavy atom. The van der Waals surface area contributed by atoms with Crippen molar-refractivity contribution in [3.8, 4) is 0 Å². The molecule has 134 valence electrons. The molecule has 0 aromatic heterocycles. The molecule has 0 spiro atoms. The minimum atomic E-state index is -3.66. The number of benzene rings is 1. The van der Waals surface area contributed by atoms with Crippen LogP contribution in [0.2, 0.25) is 0 Å². The van der Waals surface area contributed by atoms with Crippen LogP contribution in [-0.2, 0) is 14.8 Å². The van der Waals surface area contributed by atoms with Gasteiger partial charge in [-0.05, 0) is 19.1 Å². The fraction of sp³-hybridized carbons (Fsp3) is 0.533. The van der Waals surface area contributed by atoms with Gasteiger partial charge in [0.25, 0.3) is 5.92 Å². The van der Waals surface area contributed by atoms with Crippen LogP contribution >= 0.6 is 0 Å². The van der Waals surface area contributed by atoms with E-state index in [9.17, 15) is 22.0 Å². The van der Waals surface area contributed by atoms with Crippen LogP contribution in [-0.4, -0.2) is 57.9 Å². The van der Waals surface area contributed by atoms with Crippen molar-refractivity contribution in [2.45, 2.75) is 30.2 Å². The molecule has 2 N–H and O–H groups in total. The van der Waals surface area contributed by atoms with Crippen molar-refractivity contribution in [1.82, 2.24) is 14.9 Å². The molecule has 1 fully saturated rings. The standard InChI is InChI=1S/C15H21F2N3O3S/c1-11-3-5-12(6-4-11)24(22,23)19-7-8-20(2)14(21)13-9-15(16,17)10-18-13/h3-6,13,18-19H,7-10H2,1-2H3. The molecule has 6 nitrogen and oxygen atoms in total. The van der Waals surface area contributed by atoms with Crippen LogP contribution in [0.25, 0.3) is 0 Å². The highest BCUT2D eigenvalue weighted by atomic mass is 32.2. The van der Waals surface area contributed by atoms with E-state index in [0.717, 1.165) is 5.56 Å². The van der Waals surface area contributed by atoms with Gasteiger partial charge in [0.1, 0.15) is 0 Å². The van der Waals surface area contributed by atoms with E-state index in [0.29, 0.717) is 0 Å². The number of amides is 1. The molecular weight excluding hydrogens is 340 g/mol. The van der Waals surface area contributed by atoms with Gasteiger partial charge < -0.3 is 4.90 Å². The van der Waals surface area contributed by atoms with Gasteiger partial charge in [-0.25, -0.2) is 21.9 Å². The maximum absolute atomic E-state index is 13.1. The van der Waals surface area contributed by atoms with E-state index in [-0.39, 0.29) is 18.0 Å². The Morgan fingerprint density at radius 1 is 1.38 bits per heavy atom. The van der Waals surface area contributed by atoms with Gasteiger partial charge >= 0.3 is 0 Å². The lowest BCUT2D eigenvalue weighted by Crippen LogP contribution is -2.44. The fourth-order valence-corrected chi connectivity index (χ4v) is 3.44. The Morgan fingerprint density at radius 2 is 2.00 bits per heavy atom. The monoisotopic (exact) mass is 361 g/mol. The van der Waals surface area contributed by atoms with Gasteiger partial charge in [-0.2, -0.15) is 0 Å². The first-order valence-corrected chi connectivity index (χ1v) is 9.02. The molecule has 1 aromatic carbocycles. The van der Waals surface area contributed by atoms with Gasteiger partial charge in [0.05, 0.1) is 17.5 Å². The smallest absolute Gasteiger partial charge is 0.262 e. The summed E-state index contributed by atoms with van der Waals surface area (Å²) < 4.78 is 52.9. The minimum Gasteiger partial charge on any atom is -0.343 e. The van der Waals surface area contributed by atoms with Crippen LogP contribution in [0.5, 0.6) is 0 Å². The summed E-state index contributed by atoms with van der Waals surface area (Å²) in [5.41, 5.74) is 0.945. The SMILES string of the molecule is Cc1ccc(S(=O)(=O)NCCN(C)C(=O)C2CC(F)(F)CN2)cc1. The van der Waals surface area contributed by atoms with E-state index < -0.39 is 40.9 Å². The molecule has 1 atom stereocenters. The predicted molar refractivity (Wildman–Crippen MR) is 85.4 cm³/mol. The largest absolute Gasteiger partial charge is 0.343 e. The molecule has 1 amide bonds. The highest BCUT2D eigenvalue weighted by Gasteiger charge is 2.43. The van der Waals surface area contributed by atoms with E-state index in [1.807, 2.05) is 6.92 Å². The van der Waals surface area contributed by atoms with Crippen LogP contribution < -0.4 is 10.0 Å². The molecule has 0 radical (unpaired) electrons. The second-order valence-corrected chi connectivity index (χ2v) is 7.73. The third-order valence-electron chi connectivity index (χ3n) is 3.85. The van der Waals surface area contributed by atoms with Gasteiger partial charge in [0.15, 0.2) is 0 Å². The Balaban J connectivity index is 1.85. The molecular formula is C15H21F2N3O3S. The average Bonchev–Trinajstić information content (AvgIpc) is 2.86. The van der Waals surface area contributed by atoms with Crippen LogP contribution in [0, 0.1) is 6.92 Å². The summed E-state index contributed by atoms with van der Waals surface area (Å²) in [7, 11) is -2.20. The zero-order valence-electron chi connectivity index (χ0n) is 13.6. The van der Waals surface area contributed by atoms with E-state index in [1.165, 1.54) is 24.1 Å². The number of carbonyl (C=O) groups is 1. The first kappa shape index (κ1) is 18.8. The fourth-order valence-electron chi connectivity index (χ4n) is 2.41. The van der Waals surface area contributed by atoms with Crippen molar-refractivity contribution < 1.29 is 22.0 Å². The molecule has 9 heteroatoms. The van der Waals surface area contributed by atoms with E-state index in [1.54, 1.807) is 12.1 Å². The van der Waals surface area contributed by atoms with Gasteiger partial charge in [-0.3, -0.25) is 10.1 Å². The van der Waals surface area contributed by atoms with E-state index in [2.05, 4.69) is 10.0 Å². The molecule has 1 aromatic rings. The van der Waals surface area contributed by atoms with E-state index in [4.69, 9.17) is 0 Å². The van der Waals surface area contributed by atoms with Crippen molar-refractivity contribution >= 4 is 15.9 Å². The summed E-state index contributed by atoms with van der Waals surface area (Å²) in [6.45, 7) is 1.43. The average molecular weight is 361 g/mol. The number of carbonyl (C=O) groups excluding carboxylic acids is 1. The zero-order chi connectivity index (χ0) is 18.0. The van der Waals surface area contributed by atoms with Gasteiger partial charge in [-0.1, -0.05) is 17.7 Å². The summed E-state index contributed by atoms with van der Waals surface area (Å²) in [5.74, 6) is -3.35. The van der Waals surface area contributed by atoms with Crippen LogP contribution in [0.15, 0.2) is 29.2 Å². The number of hydrogen-bond acceptors (Lipinski definition) is 4. The highest BCUT2D eigenvalue weighted by Crippen LogP contribution is 2.25. The number of halogens is 2. The molecule has 0 bridgehead atoms. The second kappa shape index (κ2) is 7.12. The van der Waals surface area contributed by atoms with Crippen molar-refractivity contribution in [1.29, 1.82) is 0 Å². The van der Waals surface area contributed by atoms with Crippen molar-refractivity contribution in [2.75, 3.05) is 26.7 Å². The molecule has 0 aliphatic carbocycles. The summed E-state index contributed by atoms with van der Waals surface area (Å²) in [6, 6.07) is 5.44. The van der Waals surface area contributed by atoms with Gasteiger partial charge in [-0.15, -0.1) is 0 Å². The number of alkyl halides is 2. The lowest BCUT2D eigenvalue weighted by molar-refractivity contribution is -0.132. The van der Waals surface area contributed by atoms with E-state index >= 15 is 0 Å². The topological polar surface area (TPSA) is 78.5 Å². The molecule has 2 rings (SSSR count). The summed E-state index contributed by atoms with van der Waals surface area (Å²) in [5, 5.41) is 2.49. The number of likely N-dealkylation sites (N-methyl/N-ethyl adjacent to an activating group) is 1. The Labute approximate surface area is 140 Å². The number of nitrogens with zero attached hydrogens (tertiary/aromatic N) is 1. The van der Waals surface area contributed by atoms with Crippen LogP contribution in [0.3, 0.4) is 0 Å². The summed E-state index contributed by atoms with van der Waals surface area (Å²) in [4.78, 5) is 13.4. The number of hydrogen-bond donors (Lipinski definition) is 2. The molecule has 1 aliphatic heterocycles. The lowest BCUT2D eigenvalue weighted by Gasteiger charge is -2.21. The van der Waals surface area contributed by atoms with Crippen molar-refractivity contribution in [3.63, 3.8) is 0 Å². The quantitative estimate of drug-likeness (QED) is 0.783. The molecule has 0 saturated carbocycles. The third-order valence-corrected chi connectivity index (χ3v) is 5.33. The van der Waals surface area contributed by atoms with Crippen molar-refractivity contribution in [2.24, 2.45) is 0 Å². The Hall–Kier alpha value is -1.58. The molecule has 1 unspecified atom stereocenters. The van der Waals surface area contributed by atoms with Gasteiger partial charge in [0, 0.05) is 26.6 Å². The number of nitrogens with one attached hydrogen (secondary N) is 2. The maximum Gasteiger partial charge on any atom is 0.262 e. The predicted octanol–water partition coefficient (Wildman–Crippen LogP) is 0.729. The number of aryl methyl sites for hydroxylation is 1. The van der Waals surface area contributed by atoms with Crippen LogP contribution in [0.4, 0.5) is 8.78 Å².